The van der Waals surface area contributed by atoms with E-state index >= 15 is 0 Å². The van der Waals surface area contributed by atoms with Gasteiger partial charge in [-0.05, 0) is 17.7 Å². The van der Waals surface area contributed by atoms with E-state index in [0.29, 0.717) is 18.0 Å². The van der Waals surface area contributed by atoms with E-state index in [-0.39, 0.29) is 5.69 Å². The lowest BCUT2D eigenvalue weighted by Gasteiger charge is -2.07. The summed E-state index contributed by atoms with van der Waals surface area (Å²) >= 11 is 0. The average Bonchev–Trinajstić information content (AvgIpc) is 2.91. The van der Waals surface area contributed by atoms with Gasteiger partial charge >= 0.3 is 0 Å². The van der Waals surface area contributed by atoms with Crippen LogP contribution in [0.25, 0.3) is 5.65 Å². The molecule has 2 N–H and O–H groups in total. The number of amides is 1. The van der Waals surface area contributed by atoms with E-state index in [1.54, 1.807) is 16.8 Å². The molecule has 0 radical (unpaired) electrons. The summed E-state index contributed by atoms with van der Waals surface area (Å²) in [6.45, 7) is 0.444. The van der Waals surface area contributed by atoms with Gasteiger partial charge < -0.3 is 14.9 Å². The zero-order valence-electron chi connectivity index (χ0n) is 10.7. The van der Waals surface area contributed by atoms with E-state index in [1.807, 2.05) is 42.5 Å². The number of nitrogens with two attached hydrogens (primary N) is 1. The van der Waals surface area contributed by atoms with Crippen LogP contribution in [0.2, 0.25) is 0 Å². The smallest absolute Gasteiger partial charge is 0.268 e. The fraction of sp³-hybridized carbons (Fsp3) is 0.0667. The number of benzene rings is 1. The van der Waals surface area contributed by atoms with Crippen LogP contribution < -0.4 is 10.5 Å². The molecule has 5 nitrogen and oxygen atoms in total. The number of aromatic nitrogens is 2. The topological polar surface area (TPSA) is 69.6 Å². The summed E-state index contributed by atoms with van der Waals surface area (Å²) in [6.07, 6.45) is 3.39. The molecule has 20 heavy (non-hydrogen) atoms. The lowest BCUT2D eigenvalue weighted by atomic mass is 10.2. The Morgan fingerprint density at radius 2 is 2.00 bits per heavy atom. The normalized spacial score (nSPS) is 10.6. The number of pyridine rings is 1. The van der Waals surface area contributed by atoms with Crippen LogP contribution in [0.15, 0.2) is 54.9 Å². The van der Waals surface area contributed by atoms with E-state index in [2.05, 4.69) is 4.98 Å². The monoisotopic (exact) mass is 267 g/mol. The third-order valence-electron chi connectivity index (χ3n) is 2.94. The number of hydrogen-bond acceptors (Lipinski definition) is 3. The molecule has 3 rings (SSSR count). The Morgan fingerprint density at radius 1 is 1.20 bits per heavy atom. The first-order chi connectivity index (χ1) is 9.74. The van der Waals surface area contributed by atoms with Crippen LogP contribution >= 0.6 is 0 Å². The van der Waals surface area contributed by atoms with Gasteiger partial charge in [-0.1, -0.05) is 30.3 Å². The fourth-order valence-electron chi connectivity index (χ4n) is 1.95. The number of nitrogens with zero attached hydrogens (tertiary/aromatic N) is 2. The van der Waals surface area contributed by atoms with Gasteiger partial charge in [0.15, 0.2) is 11.4 Å². The molecule has 2 aromatic heterocycles. The maximum absolute atomic E-state index is 11.2. The second kappa shape index (κ2) is 5.05. The molecule has 3 aromatic rings. The van der Waals surface area contributed by atoms with Crippen LogP contribution in [0, 0.1) is 0 Å². The molecule has 5 heteroatoms. The fourth-order valence-corrected chi connectivity index (χ4v) is 1.95. The summed E-state index contributed by atoms with van der Waals surface area (Å²) < 4.78 is 7.49. The molecule has 1 aromatic carbocycles. The second-order valence-corrected chi connectivity index (χ2v) is 4.37. The van der Waals surface area contributed by atoms with Gasteiger partial charge in [0.2, 0.25) is 0 Å². The van der Waals surface area contributed by atoms with E-state index in [0.717, 1.165) is 5.56 Å². The maximum Gasteiger partial charge on any atom is 0.268 e. The first kappa shape index (κ1) is 12.2. The molecule has 0 saturated carbocycles. The maximum atomic E-state index is 11.2. The van der Waals surface area contributed by atoms with Crippen molar-refractivity contribution in [3.63, 3.8) is 0 Å². The van der Waals surface area contributed by atoms with Crippen LogP contribution in [0.4, 0.5) is 0 Å². The van der Waals surface area contributed by atoms with Crippen molar-refractivity contribution in [1.29, 1.82) is 0 Å². The molecule has 0 saturated heterocycles. The largest absolute Gasteiger partial charge is 0.485 e. The molecule has 0 spiro atoms. The highest BCUT2D eigenvalue weighted by atomic mass is 16.5. The minimum Gasteiger partial charge on any atom is -0.485 e. The Bertz CT molecular complexity index is 750. The summed E-state index contributed by atoms with van der Waals surface area (Å²) in [5, 5.41) is 0. The summed E-state index contributed by atoms with van der Waals surface area (Å²) in [7, 11) is 0. The van der Waals surface area contributed by atoms with Crippen molar-refractivity contribution in [2.75, 3.05) is 0 Å². The van der Waals surface area contributed by atoms with E-state index in [1.165, 1.54) is 0 Å². The van der Waals surface area contributed by atoms with Gasteiger partial charge in [0, 0.05) is 12.4 Å². The zero-order valence-corrected chi connectivity index (χ0v) is 10.7. The number of imidazole rings is 1. The van der Waals surface area contributed by atoms with Crippen molar-refractivity contribution in [3.8, 4) is 5.75 Å². The predicted molar refractivity (Wildman–Crippen MR) is 74.5 cm³/mol. The summed E-state index contributed by atoms with van der Waals surface area (Å²) in [5.74, 6) is 0.0616. The van der Waals surface area contributed by atoms with Crippen molar-refractivity contribution in [2.24, 2.45) is 5.73 Å². The SMILES string of the molecule is NC(=O)c1cn2cccc(OCc3ccccc3)c2n1. The number of primary amides is 1. The predicted octanol–water partition coefficient (Wildman–Crippen LogP) is 2.01. The summed E-state index contributed by atoms with van der Waals surface area (Å²) in [6, 6.07) is 13.5. The molecule has 0 atom stereocenters. The third kappa shape index (κ3) is 2.33. The van der Waals surface area contributed by atoms with Gasteiger partial charge in [-0.3, -0.25) is 4.79 Å². The Balaban J connectivity index is 1.89. The lowest BCUT2D eigenvalue weighted by molar-refractivity contribution is 0.0996. The van der Waals surface area contributed by atoms with Gasteiger partial charge in [0.05, 0.1) is 0 Å². The minimum atomic E-state index is -0.553. The number of ether oxygens (including phenoxy) is 1. The molecule has 0 unspecified atom stereocenters. The first-order valence-corrected chi connectivity index (χ1v) is 6.18. The van der Waals surface area contributed by atoms with E-state index < -0.39 is 5.91 Å². The van der Waals surface area contributed by atoms with Crippen molar-refractivity contribution in [2.45, 2.75) is 6.61 Å². The second-order valence-electron chi connectivity index (χ2n) is 4.37. The first-order valence-electron chi connectivity index (χ1n) is 6.18. The molecular formula is C15H13N3O2. The van der Waals surface area contributed by atoms with Crippen LogP contribution in [0.1, 0.15) is 16.1 Å². The van der Waals surface area contributed by atoms with Gasteiger partial charge in [0.25, 0.3) is 5.91 Å². The van der Waals surface area contributed by atoms with E-state index in [9.17, 15) is 4.79 Å². The van der Waals surface area contributed by atoms with Gasteiger partial charge in [-0.2, -0.15) is 0 Å². The number of carbonyl (C=O) groups is 1. The molecule has 0 aliphatic carbocycles. The van der Waals surface area contributed by atoms with Gasteiger partial charge in [-0.15, -0.1) is 0 Å². The Hall–Kier alpha value is -2.82. The number of fused-ring (bicyclic) bond motifs is 1. The quantitative estimate of drug-likeness (QED) is 0.786. The van der Waals surface area contributed by atoms with Crippen LogP contribution in [0.5, 0.6) is 5.75 Å². The van der Waals surface area contributed by atoms with Crippen molar-refractivity contribution < 1.29 is 9.53 Å². The summed E-state index contributed by atoms with van der Waals surface area (Å²) in [5.41, 5.74) is 7.11. The van der Waals surface area contributed by atoms with Gasteiger partial charge in [0.1, 0.15) is 12.3 Å². The Morgan fingerprint density at radius 3 is 2.75 bits per heavy atom. The standard InChI is InChI=1S/C15H13N3O2/c16-14(19)12-9-18-8-4-7-13(15(18)17-12)20-10-11-5-2-1-3-6-11/h1-9H,10H2,(H2,16,19). The molecule has 2 heterocycles. The van der Waals surface area contributed by atoms with E-state index in [4.69, 9.17) is 10.5 Å². The third-order valence-corrected chi connectivity index (χ3v) is 2.94. The molecule has 0 fully saturated rings. The van der Waals surface area contributed by atoms with Crippen molar-refractivity contribution >= 4 is 11.6 Å². The molecule has 0 bridgehead atoms. The molecule has 0 aliphatic rings. The summed E-state index contributed by atoms with van der Waals surface area (Å²) in [4.78, 5) is 15.4. The molecule has 100 valence electrons. The molecule has 1 amide bonds. The van der Waals surface area contributed by atoms with Crippen LogP contribution in [0.3, 0.4) is 0 Å². The highest BCUT2D eigenvalue weighted by Crippen LogP contribution is 2.20. The van der Waals surface area contributed by atoms with Gasteiger partial charge in [-0.25, -0.2) is 4.98 Å². The van der Waals surface area contributed by atoms with Crippen molar-refractivity contribution in [1.82, 2.24) is 9.38 Å². The average molecular weight is 267 g/mol. The Labute approximate surface area is 115 Å². The number of hydrogen-bond donors (Lipinski definition) is 1. The number of rotatable bonds is 4. The van der Waals surface area contributed by atoms with Crippen molar-refractivity contribution in [3.05, 3.63) is 66.1 Å². The molecular weight excluding hydrogens is 254 g/mol. The zero-order chi connectivity index (χ0) is 13.9. The minimum absolute atomic E-state index is 0.223. The lowest BCUT2D eigenvalue weighted by Crippen LogP contribution is -2.10. The van der Waals surface area contributed by atoms with Crippen LogP contribution in [-0.2, 0) is 6.61 Å². The highest BCUT2D eigenvalue weighted by Gasteiger charge is 2.10. The van der Waals surface area contributed by atoms with Crippen LogP contribution in [-0.4, -0.2) is 15.3 Å². The Kier molecular flexibility index (Phi) is 3.09. The number of carbonyl (C=O) groups excluding carboxylic acids is 1. The molecule has 0 aliphatic heterocycles. The highest BCUT2D eigenvalue weighted by molar-refractivity contribution is 5.91.